The summed E-state index contributed by atoms with van der Waals surface area (Å²) in [5.41, 5.74) is 5.97. The predicted octanol–water partition coefficient (Wildman–Crippen LogP) is 5.59. The molecule has 0 saturated heterocycles. The Balaban J connectivity index is 1.77. The van der Waals surface area contributed by atoms with Crippen LogP contribution in [0, 0.1) is 13.8 Å². The zero-order valence-corrected chi connectivity index (χ0v) is 17.0. The molecule has 1 amide bonds. The topological polar surface area (TPSA) is 45.6 Å². The zero-order chi connectivity index (χ0) is 19.8. The van der Waals surface area contributed by atoms with E-state index in [0.29, 0.717) is 18.0 Å². The van der Waals surface area contributed by atoms with Crippen LogP contribution in [-0.4, -0.2) is 21.6 Å². The van der Waals surface area contributed by atoms with Gasteiger partial charge in [-0.05, 0) is 37.6 Å². The summed E-state index contributed by atoms with van der Waals surface area (Å²) in [5.74, 6) is -0.0208. The minimum Gasteiger partial charge on any atom is -0.273 e. The first kappa shape index (κ1) is 18.6. The number of amides is 1. The fourth-order valence-corrected chi connectivity index (χ4v) is 3.86. The maximum absolute atomic E-state index is 12.6. The molecule has 0 saturated carbocycles. The first-order chi connectivity index (χ1) is 13.5. The molecule has 1 atom stereocenters. The summed E-state index contributed by atoms with van der Waals surface area (Å²) < 4.78 is 0. The average Bonchev–Trinajstić information content (AvgIpc) is 3.13. The standard InChI is InChI=1S/C23H22ClN3O/c1-4-22(28)27-21(13-20(26-27)16-8-5-14(2)6-9-16)18-12-17-11-15(3)7-10-19(17)25-23(18)24/h5-12,21H,4,13H2,1-3H3/t21-/m1/s1. The fraction of sp³-hybridized carbons (Fsp3) is 0.261. The van der Waals surface area contributed by atoms with Crippen molar-refractivity contribution in [3.8, 4) is 0 Å². The number of benzene rings is 2. The molecule has 0 fully saturated rings. The number of carbonyl (C=O) groups excluding carboxylic acids is 1. The van der Waals surface area contributed by atoms with E-state index >= 15 is 0 Å². The maximum atomic E-state index is 12.6. The van der Waals surface area contributed by atoms with Gasteiger partial charge in [0.1, 0.15) is 5.15 Å². The van der Waals surface area contributed by atoms with E-state index in [1.165, 1.54) is 5.56 Å². The molecule has 0 radical (unpaired) electrons. The van der Waals surface area contributed by atoms with E-state index in [1.54, 1.807) is 5.01 Å². The summed E-state index contributed by atoms with van der Waals surface area (Å²) >= 11 is 6.55. The predicted molar refractivity (Wildman–Crippen MR) is 114 cm³/mol. The van der Waals surface area contributed by atoms with E-state index in [4.69, 9.17) is 11.6 Å². The quantitative estimate of drug-likeness (QED) is 0.546. The van der Waals surface area contributed by atoms with Crippen molar-refractivity contribution < 1.29 is 4.79 Å². The molecule has 4 rings (SSSR count). The van der Waals surface area contributed by atoms with E-state index < -0.39 is 0 Å². The number of aryl methyl sites for hydroxylation is 2. The number of carbonyl (C=O) groups is 1. The van der Waals surface area contributed by atoms with Crippen molar-refractivity contribution in [2.75, 3.05) is 0 Å². The van der Waals surface area contributed by atoms with Crippen LogP contribution in [-0.2, 0) is 4.79 Å². The van der Waals surface area contributed by atoms with E-state index in [-0.39, 0.29) is 11.9 Å². The van der Waals surface area contributed by atoms with Gasteiger partial charge in [-0.15, -0.1) is 0 Å². The van der Waals surface area contributed by atoms with E-state index in [1.807, 2.05) is 25.1 Å². The highest BCUT2D eigenvalue weighted by Gasteiger charge is 2.34. The second-order valence-electron chi connectivity index (χ2n) is 7.29. The van der Waals surface area contributed by atoms with Gasteiger partial charge in [-0.2, -0.15) is 5.10 Å². The molecule has 4 nitrogen and oxygen atoms in total. The van der Waals surface area contributed by atoms with Gasteiger partial charge in [-0.3, -0.25) is 4.79 Å². The van der Waals surface area contributed by atoms with Gasteiger partial charge in [-0.1, -0.05) is 60.0 Å². The van der Waals surface area contributed by atoms with Crippen LogP contribution in [0.15, 0.2) is 53.6 Å². The fourth-order valence-electron chi connectivity index (χ4n) is 3.59. The Bertz CT molecular complexity index is 1090. The van der Waals surface area contributed by atoms with Crippen molar-refractivity contribution in [3.63, 3.8) is 0 Å². The monoisotopic (exact) mass is 391 g/mol. The molecule has 5 heteroatoms. The average molecular weight is 392 g/mol. The number of halogens is 1. The number of rotatable bonds is 3. The zero-order valence-electron chi connectivity index (χ0n) is 16.2. The van der Waals surface area contributed by atoms with Crippen molar-refractivity contribution in [3.05, 3.63) is 75.9 Å². The van der Waals surface area contributed by atoms with Crippen LogP contribution in [0.25, 0.3) is 10.9 Å². The lowest BCUT2D eigenvalue weighted by molar-refractivity contribution is -0.132. The molecule has 1 aliphatic heterocycles. The maximum Gasteiger partial charge on any atom is 0.242 e. The van der Waals surface area contributed by atoms with Crippen LogP contribution in [0.5, 0.6) is 0 Å². The Morgan fingerprint density at radius 1 is 1.11 bits per heavy atom. The molecule has 0 unspecified atom stereocenters. The Labute approximate surface area is 169 Å². The Morgan fingerprint density at radius 3 is 2.54 bits per heavy atom. The van der Waals surface area contributed by atoms with Crippen molar-refractivity contribution >= 4 is 34.1 Å². The first-order valence-electron chi connectivity index (χ1n) is 9.49. The number of fused-ring (bicyclic) bond motifs is 1. The molecule has 1 aliphatic rings. The lowest BCUT2D eigenvalue weighted by Gasteiger charge is -2.22. The molecule has 0 spiro atoms. The van der Waals surface area contributed by atoms with Gasteiger partial charge in [0.15, 0.2) is 0 Å². The van der Waals surface area contributed by atoms with Crippen LogP contribution in [0.4, 0.5) is 0 Å². The smallest absolute Gasteiger partial charge is 0.242 e. The molecule has 3 aromatic rings. The molecule has 0 bridgehead atoms. The van der Waals surface area contributed by atoms with Crippen molar-refractivity contribution in [2.24, 2.45) is 5.10 Å². The first-order valence-corrected chi connectivity index (χ1v) is 9.87. The van der Waals surface area contributed by atoms with Crippen LogP contribution in [0.3, 0.4) is 0 Å². The number of pyridine rings is 1. The third-order valence-corrected chi connectivity index (χ3v) is 5.47. The summed E-state index contributed by atoms with van der Waals surface area (Å²) in [5, 5.41) is 7.70. The minimum absolute atomic E-state index is 0.0208. The van der Waals surface area contributed by atoms with Crippen molar-refractivity contribution in [1.82, 2.24) is 9.99 Å². The molecule has 28 heavy (non-hydrogen) atoms. The third-order valence-electron chi connectivity index (χ3n) is 5.16. The summed E-state index contributed by atoms with van der Waals surface area (Å²) in [6.45, 7) is 5.95. The summed E-state index contributed by atoms with van der Waals surface area (Å²) in [6, 6.07) is 16.1. The van der Waals surface area contributed by atoms with E-state index in [0.717, 1.165) is 33.3 Å². The second-order valence-corrected chi connectivity index (χ2v) is 7.65. The number of hydrogen-bond donors (Lipinski definition) is 0. The highest BCUT2D eigenvalue weighted by Crippen LogP contribution is 2.37. The van der Waals surface area contributed by atoms with Gasteiger partial charge >= 0.3 is 0 Å². The van der Waals surface area contributed by atoms with Crippen LogP contribution in [0.1, 0.15) is 48.1 Å². The minimum atomic E-state index is -0.242. The number of aromatic nitrogens is 1. The lowest BCUT2D eigenvalue weighted by Crippen LogP contribution is -2.26. The molecular formula is C23H22ClN3O. The van der Waals surface area contributed by atoms with Crippen LogP contribution >= 0.6 is 11.6 Å². The van der Waals surface area contributed by atoms with Gasteiger partial charge < -0.3 is 0 Å². The molecule has 142 valence electrons. The van der Waals surface area contributed by atoms with Crippen molar-refractivity contribution in [2.45, 2.75) is 39.7 Å². The van der Waals surface area contributed by atoms with Gasteiger partial charge in [0, 0.05) is 23.8 Å². The summed E-state index contributed by atoms with van der Waals surface area (Å²) in [4.78, 5) is 17.2. The summed E-state index contributed by atoms with van der Waals surface area (Å²) in [6.07, 6.45) is 1.01. The Morgan fingerprint density at radius 2 is 1.82 bits per heavy atom. The van der Waals surface area contributed by atoms with Gasteiger partial charge in [0.05, 0.1) is 17.3 Å². The van der Waals surface area contributed by atoms with Crippen molar-refractivity contribution in [1.29, 1.82) is 0 Å². The highest BCUT2D eigenvalue weighted by molar-refractivity contribution is 6.30. The molecule has 2 heterocycles. The molecule has 0 N–H and O–H groups in total. The van der Waals surface area contributed by atoms with Gasteiger partial charge in [-0.25, -0.2) is 9.99 Å². The Hall–Kier alpha value is -2.72. The number of hydrazone groups is 1. The number of nitrogens with zero attached hydrogens (tertiary/aromatic N) is 3. The molecule has 2 aromatic carbocycles. The molecule has 1 aromatic heterocycles. The normalized spacial score (nSPS) is 16.5. The highest BCUT2D eigenvalue weighted by atomic mass is 35.5. The Kier molecular flexibility index (Phi) is 4.90. The molecular weight excluding hydrogens is 370 g/mol. The number of hydrogen-bond acceptors (Lipinski definition) is 3. The SMILES string of the molecule is CCC(=O)N1N=C(c2ccc(C)cc2)C[C@@H]1c1cc2cc(C)ccc2nc1Cl. The van der Waals surface area contributed by atoms with E-state index in [2.05, 4.69) is 54.3 Å². The van der Waals surface area contributed by atoms with E-state index in [9.17, 15) is 4.79 Å². The van der Waals surface area contributed by atoms with Crippen LogP contribution in [0.2, 0.25) is 5.15 Å². The second kappa shape index (κ2) is 7.36. The largest absolute Gasteiger partial charge is 0.273 e. The third kappa shape index (κ3) is 3.40. The lowest BCUT2D eigenvalue weighted by atomic mass is 9.97. The summed E-state index contributed by atoms with van der Waals surface area (Å²) in [7, 11) is 0. The van der Waals surface area contributed by atoms with Crippen LogP contribution < -0.4 is 0 Å². The van der Waals surface area contributed by atoms with Gasteiger partial charge in [0.2, 0.25) is 5.91 Å². The van der Waals surface area contributed by atoms with Gasteiger partial charge in [0.25, 0.3) is 0 Å². The molecule has 0 aliphatic carbocycles.